The molecule has 1 saturated heterocycles. The van der Waals surface area contributed by atoms with Gasteiger partial charge in [-0.3, -0.25) is 9.78 Å². The molecule has 7 nitrogen and oxygen atoms in total. The van der Waals surface area contributed by atoms with Crippen LogP contribution in [0.3, 0.4) is 0 Å². The Morgan fingerprint density at radius 3 is 2.50 bits per heavy atom. The first kappa shape index (κ1) is 17.2. The van der Waals surface area contributed by atoms with E-state index in [2.05, 4.69) is 4.98 Å². The highest BCUT2D eigenvalue weighted by molar-refractivity contribution is 7.91. The third-order valence-electron chi connectivity index (χ3n) is 3.74. The number of thiophene rings is 1. The fourth-order valence-electron chi connectivity index (χ4n) is 2.50. The number of nitrogens with zero attached hydrogens (tertiary/aromatic N) is 3. The zero-order chi connectivity index (χ0) is 17.3. The fourth-order valence-corrected chi connectivity index (χ4v) is 5.56. The molecule has 24 heavy (non-hydrogen) atoms. The van der Waals surface area contributed by atoms with Crippen molar-refractivity contribution in [2.45, 2.75) is 4.21 Å². The van der Waals surface area contributed by atoms with Crippen molar-refractivity contribution in [1.29, 1.82) is 0 Å². The minimum Gasteiger partial charge on any atom is -0.369 e. The van der Waals surface area contributed by atoms with E-state index in [9.17, 15) is 13.2 Å². The van der Waals surface area contributed by atoms with Crippen molar-refractivity contribution in [2.24, 2.45) is 5.73 Å². The van der Waals surface area contributed by atoms with E-state index in [0.717, 1.165) is 17.0 Å². The molecule has 3 rings (SSSR count). The number of carbonyl (C=O) groups excluding carboxylic acids is 1. The smallest absolute Gasteiger partial charge is 0.267 e. The van der Waals surface area contributed by atoms with Gasteiger partial charge >= 0.3 is 0 Å². The highest BCUT2D eigenvalue weighted by Crippen LogP contribution is 2.29. The lowest BCUT2D eigenvalue weighted by molar-refractivity contribution is 0.0995. The molecule has 2 aromatic heterocycles. The van der Waals surface area contributed by atoms with E-state index in [1.54, 1.807) is 18.2 Å². The molecule has 0 aliphatic carbocycles. The van der Waals surface area contributed by atoms with Crippen molar-refractivity contribution in [3.05, 3.63) is 40.5 Å². The van der Waals surface area contributed by atoms with Gasteiger partial charge in [-0.15, -0.1) is 11.3 Å². The molecule has 0 bridgehead atoms. The maximum atomic E-state index is 12.6. The van der Waals surface area contributed by atoms with Crippen molar-refractivity contribution >= 4 is 44.6 Å². The number of pyridine rings is 1. The number of nitrogens with two attached hydrogens (primary N) is 1. The topological polar surface area (TPSA) is 96.6 Å². The summed E-state index contributed by atoms with van der Waals surface area (Å²) < 4.78 is 27.3. The van der Waals surface area contributed by atoms with Crippen LogP contribution in [0.5, 0.6) is 0 Å². The van der Waals surface area contributed by atoms with Gasteiger partial charge in [0.05, 0.1) is 4.34 Å². The zero-order valence-electron chi connectivity index (χ0n) is 12.6. The van der Waals surface area contributed by atoms with Crippen molar-refractivity contribution in [3.8, 4) is 0 Å². The van der Waals surface area contributed by atoms with Gasteiger partial charge < -0.3 is 10.6 Å². The van der Waals surface area contributed by atoms with Crippen LogP contribution < -0.4 is 10.6 Å². The standard InChI is InChI=1S/C14H15ClN4O3S2/c15-12-1-2-13(23-12)24(21,22)19-7-5-18(6-8-19)10-3-4-17-11(9-10)14(16)20/h1-4,9H,5-8H2,(H2,16,20). The SMILES string of the molecule is NC(=O)c1cc(N2CCN(S(=O)(=O)c3ccc(Cl)s3)CC2)ccn1. The van der Waals surface area contributed by atoms with Crippen LogP contribution in [0.2, 0.25) is 4.34 Å². The number of hydrogen-bond acceptors (Lipinski definition) is 6. The Labute approximate surface area is 148 Å². The molecule has 1 amide bonds. The Balaban J connectivity index is 1.72. The molecule has 1 aliphatic heterocycles. The molecule has 2 aromatic rings. The largest absolute Gasteiger partial charge is 0.369 e. The van der Waals surface area contributed by atoms with Crippen LogP contribution in [0.25, 0.3) is 0 Å². The van der Waals surface area contributed by atoms with Gasteiger partial charge in [-0.05, 0) is 24.3 Å². The van der Waals surface area contributed by atoms with Gasteiger partial charge in [0, 0.05) is 38.1 Å². The quantitative estimate of drug-likeness (QED) is 0.856. The fraction of sp³-hybridized carbons (Fsp3) is 0.286. The molecular weight excluding hydrogens is 372 g/mol. The molecule has 0 spiro atoms. The number of aromatic nitrogens is 1. The lowest BCUT2D eigenvalue weighted by Crippen LogP contribution is -2.48. The summed E-state index contributed by atoms with van der Waals surface area (Å²) in [5.74, 6) is -0.590. The van der Waals surface area contributed by atoms with Gasteiger partial charge in [0.2, 0.25) is 0 Å². The van der Waals surface area contributed by atoms with E-state index in [1.165, 1.54) is 16.6 Å². The monoisotopic (exact) mass is 386 g/mol. The van der Waals surface area contributed by atoms with Crippen LogP contribution in [0.15, 0.2) is 34.7 Å². The molecule has 0 radical (unpaired) electrons. The molecule has 0 saturated carbocycles. The van der Waals surface area contributed by atoms with Crippen molar-refractivity contribution in [3.63, 3.8) is 0 Å². The Kier molecular flexibility index (Phi) is 4.77. The third-order valence-corrected chi connectivity index (χ3v) is 7.34. The summed E-state index contributed by atoms with van der Waals surface area (Å²) in [4.78, 5) is 17.1. The second kappa shape index (κ2) is 6.67. The highest BCUT2D eigenvalue weighted by Gasteiger charge is 2.29. The Morgan fingerprint density at radius 2 is 1.92 bits per heavy atom. The van der Waals surface area contributed by atoms with Crippen LogP contribution in [-0.2, 0) is 10.0 Å². The Hall–Kier alpha value is -1.68. The zero-order valence-corrected chi connectivity index (χ0v) is 14.9. The number of carbonyl (C=O) groups is 1. The summed E-state index contributed by atoms with van der Waals surface area (Å²) in [6.45, 7) is 1.74. The first-order chi connectivity index (χ1) is 11.4. The molecule has 0 atom stereocenters. The van der Waals surface area contributed by atoms with E-state index in [4.69, 9.17) is 17.3 Å². The molecular formula is C14H15ClN4O3S2. The summed E-state index contributed by atoms with van der Waals surface area (Å²) in [5, 5.41) is 0. The third kappa shape index (κ3) is 3.39. The van der Waals surface area contributed by atoms with E-state index in [0.29, 0.717) is 30.5 Å². The normalized spacial score (nSPS) is 16.3. The number of sulfonamides is 1. The predicted molar refractivity (Wildman–Crippen MR) is 93.1 cm³/mol. The number of hydrogen-bond donors (Lipinski definition) is 1. The summed E-state index contributed by atoms with van der Waals surface area (Å²) in [5.41, 5.74) is 6.23. The van der Waals surface area contributed by atoms with Crippen molar-refractivity contribution in [1.82, 2.24) is 9.29 Å². The van der Waals surface area contributed by atoms with Crippen molar-refractivity contribution < 1.29 is 13.2 Å². The van der Waals surface area contributed by atoms with E-state index in [1.807, 2.05) is 4.90 Å². The molecule has 128 valence electrons. The molecule has 1 aliphatic rings. The number of amides is 1. The summed E-state index contributed by atoms with van der Waals surface area (Å²) in [6, 6.07) is 6.50. The predicted octanol–water partition coefficient (Wildman–Crippen LogP) is 1.41. The first-order valence-corrected chi connectivity index (χ1v) is 9.77. The Bertz CT molecular complexity index is 860. The number of halogens is 1. The van der Waals surface area contributed by atoms with Gasteiger partial charge in [0.1, 0.15) is 9.90 Å². The lowest BCUT2D eigenvalue weighted by Gasteiger charge is -2.35. The minimum absolute atomic E-state index is 0.191. The summed E-state index contributed by atoms with van der Waals surface area (Å²) >= 11 is 6.89. The van der Waals surface area contributed by atoms with Crippen LogP contribution in [0, 0.1) is 0 Å². The molecule has 0 unspecified atom stereocenters. The van der Waals surface area contributed by atoms with Crippen LogP contribution >= 0.6 is 22.9 Å². The average molecular weight is 387 g/mol. The van der Waals surface area contributed by atoms with Gasteiger partial charge in [0.25, 0.3) is 15.9 Å². The first-order valence-electron chi connectivity index (χ1n) is 7.14. The lowest BCUT2D eigenvalue weighted by atomic mass is 10.2. The van der Waals surface area contributed by atoms with E-state index < -0.39 is 15.9 Å². The van der Waals surface area contributed by atoms with Crippen molar-refractivity contribution in [2.75, 3.05) is 31.1 Å². The number of primary amides is 1. The summed E-state index contributed by atoms with van der Waals surface area (Å²) in [6.07, 6.45) is 1.52. The van der Waals surface area contributed by atoms with Crippen LogP contribution in [0.1, 0.15) is 10.5 Å². The van der Waals surface area contributed by atoms with Crippen LogP contribution in [-0.4, -0.2) is 49.8 Å². The van der Waals surface area contributed by atoms with Gasteiger partial charge in [-0.2, -0.15) is 4.31 Å². The average Bonchev–Trinajstić information content (AvgIpc) is 3.02. The number of anilines is 1. The van der Waals surface area contributed by atoms with E-state index >= 15 is 0 Å². The highest BCUT2D eigenvalue weighted by atomic mass is 35.5. The minimum atomic E-state index is -3.51. The molecule has 10 heteroatoms. The van der Waals surface area contributed by atoms with Gasteiger partial charge in [-0.25, -0.2) is 8.42 Å². The molecule has 0 aromatic carbocycles. The van der Waals surface area contributed by atoms with Crippen LogP contribution in [0.4, 0.5) is 5.69 Å². The van der Waals surface area contributed by atoms with E-state index in [-0.39, 0.29) is 9.90 Å². The molecule has 3 heterocycles. The maximum absolute atomic E-state index is 12.6. The molecule has 1 fully saturated rings. The maximum Gasteiger partial charge on any atom is 0.267 e. The van der Waals surface area contributed by atoms with Gasteiger partial charge in [0.15, 0.2) is 0 Å². The number of rotatable bonds is 4. The second-order valence-corrected chi connectivity index (χ2v) is 9.09. The second-order valence-electron chi connectivity index (χ2n) is 5.21. The van der Waals surface area contributed by atoms with Gasteiger partial charge in [-0.1, -0.05) is 11.6 Å². The summed E-state index contributed by atoms with van der Waals surface area (Å²) in [7, 11) is -3.51. The number of piperazine rings is 1. The molecule has 2 N–H and O–H groups in total. The Morgan fingerprint density at radius 1 is 1.21 bits per heavy atom.